The molecule has 0 saturated carbocycles. The summed E-state index contributed by atoms with van der Waals surface area (Å²) in [7, 11) is 3.96. The van der Waals surface area contributed by atoms with E-state index in [-0.39, 0.29) is 5.91 Å². The van der Waals surface area contributed by atoms with Gasteiger partial charge in [-0.2, -0.15) is 0 Å². The third kappa shape index (κ3) is 4.69. The van der Waals surface area contributed by atoms with Crippen molar-refractivity contribution in [3.05, 3.63) is 29.8 Å². The average Bonchev–Trinajstić information content (AvgIpc) is 2.36. The van der Waals surface area contributed by atoms with Crippen LogP contribution in [0.4, 0.5) is 5.69 Å². The molecule has 1 aromatic rings. The average molecular weight is 313 g/mol. The van der Waals surface area contributed by atoms with E-state index < -0.39 is 0 Å². The molecule has 0 aliphatic carbocycles. The number of amides is 1. The predicted octanol–water partition coefficient (Wildman–Crippen LogP) is 3.05. The highest BCUT2D eigenvalue weighted by Gasteiger charge is 2.08. The summed E-state index contributed by atoms with van der Waals surface area (Å²) in [5, 5.41) is 2.93. The van der Waals surface area contributed by atoms with E-state index in [0.29, 0.717) is 16.9 Å². The van der Waals surface area contributed by atoms with E-state index in [0.717, 1.165) is 18.5 Å². The number of halogens is 1. The number of alkyl halides is 1. The molecule has 0 fully saturated rings. The Kier molecular flexibility index (Phi) is 6.19. The molecule has 0 aromatic heterocycles. The van der Waals surface area contributed by atoms with Crippen molar-refractivity contribution < 1.29 is 4.79 Å². The van der Waals surface area contributed by atoms with Crippen molar-refractivity contribution in [2.45, 2.75) is 24.6 Å². The van der Waals surface area contributed by atoms with Crippen LogP contribution in [0.2, 0.25) is 0 Å². The zero-order valence-corrected chi connectivity index (χ0v) is 12.8. The highest BCUT2D eigenvalue weighted by Crippen LogP contribution is 2.12. The molecule has 1 amide bonds. The van der Waals surface area contributed by atoms with Crippen molar-refractivity contribution >= 4 is 27.5 Å². The Balaban J connectivity index is 2.51. The summed E-state index contributed by atoms with van der Waals surface area (Å²) < 4.78 is 0. The number of anilines is 1. The van der Waals surface area contributed by atoms with Crippen molar-refractivity contribution in [1.82, 2.24) is 5.32 Å². The van der Waals surface area contributed by atoms with E-state index in [1.165, 1.54) is 0 Å². The molecule has 0 saturated heterocycles. The minimum absolute atomic E-state index is 0.0131. The Morgan fingerprint density at radius 3 is 2.44 bits per heavy atom. The molecule has 0 radical (unpaired) electrons. The molecule has 4 heteroatoms. The molecule has 0 spiro atoms. The van der Waals surface area contributed by atoms with Crippen LogP contribution in [0.5, 0.6) is 0 Å². The molecular formula is C14H21BrN2O. The molecule has 0 aliphatic heterocycles. The van der Waals surface area contributed by atoms with E-state index in [1.54, 1.807) is 0 Å². The molecule has 1 rings (SSSR count). The SMILES string of the molecule is CCCC(Br)CNC(=O)c1ccc(N(C)C)cc1. The fourth-order valence-corrected chi connectivity index (χ4v) is 2.25. The highest BCUT2D eigenvalue weighted by atomic mass is 79.9. The zero-order valence-electron chi connectivity index (χ0n) is 11.2. The smallest absolute Gasteiger partial charge is 0.251 e. The van der Waals surface area contributed by atoms with Crippen molar-refractivity contribution in [3.63, 3.8) is 0 Å². The van der Waals surface area contributed by atoms with Crippen LogP contribution in [-0.4, -0.2) is 31.4 Å². The van der Waals surface area contributed by atoms with Crippen molar-refractivity contribution in [1.29, 1.82) is 0 Å². The van der Waals surface area contributed by atoms with Crippen LogP contribution in [0.1, 0.15) is 30.1 Å². The van der Waals surface area contributed by atoms with Gasteiger partial charge in [0, 0.05) is 36.7 Å². The first-order valence-corrected chi connectivity index (χ1v) is 7.15. The normalized spacial score (nSPS) is 12.0. The summed E-state index contributed by atoms with van der Waals surface area (Å²) in [5.41, 5.74) is 1.80. The third-order valence-electron chi connectivity index (χ3n) is 2.73. The van der Waals surface area contributed by atoms with Gasteiger partial charge in [-0.25, -0.2) is 0 Å². The van der Waals surface area contributed by atoms with E-state index in [4.69, 9.17) is 0 Å². The van der Waals surface area contributed by atoms with E-state index in [1.807, 2.05) is 43.3 Å². The first kappa shape index (κ1) is 15.0. The lowest BCUT2D eigenvalue weighted by Crippen LogP contribution is -2.29. The van der Waals surface area contributed by atoms with Gasteiger partial charge in [-0.15, -0.1) is 0 Å². The molecule has 0 aliphatic rings. The molecule has 100 valence electrons. The molecule has 18 heavy (non-hydrogen) atoms. The second-order valence-electron chi connectivity index (χ2n) is 4.54. The maximum atomic E-state index is 11.9. The lowest BCUT2D eigenvalue weighted by molar-refractivity contribution is 0.0953. The lowest BCUT2D eigenvalue weighted by Gasteiger charge is -2.13. The van der Waals surface area contributed by atoms with Crippen molar-refractivity contribution in [3.8, 4) is 0 Å². The second kappa shape index (κ2) is 7.41. The highest BCUT2D eigenvalue weighted by molar-refractivity contribution is 9.09. The van der Waals surface area contributed by atoms with E-state index in [9.17, 15) is 4.79 Å². The van der Waals surface area contributed by atoms with Gasteiger partial charge in [-0.3, -0.25) is 4.79 Å². The minimum atomic E-state index is -0.0131. The Morgan fingerprint density at radius 2 is 1.94 bits per heavy atom. The number of carbonyl (C=O) groups is 1. The number of rotatable bonds is 6. The first-order chi connectivity index (χ1) is 8.54. The molecule has 1 N–H and O–H groups in total. The van der Waals surface area contributed by atoms with Crippen LogP contribution >= 0.6 is 15.9 Å². The maximum Gasteiger partial charge on any atom is 0.251 e. The molecular weight excluding hydrogens is 292 g/mol. The third-order valence-corrected chi connectivity index (χ3v) is 3.51. The van der Waals surface area contributed by atoms with Gasteiger partial charge in [0.25, 0.3) is 5.91 Å². The lowest BCUT2D eigenvalue weighted by atomic mass is 10.2. The Morgan fingerprint density at radius 1 is 1.33 bits per heavy atom. The van der Waals surface area contributed by atoms with Gasteiger partial charge < -0.3 is 10.2 Å². The summed E-state index contributed by atoms with van der Waals surface area (Å²) in [4.78, 5) is 14.3. The van der Waals surface area contributed by atoms with Gasteiger partial charge in [-0.05, 0) is 30.7 Å². The van der Waals surface area contributed by atoms with Gasteiger partial charge in [0.2, 0.25) is 0 Å². The summed E-state index contributed by atoms with van der Waals surface area (Å²) >= 11 is 3.55. The number of nitrogens with zero attached hydrogens (tertiary/aromatic N) is 1. The van der Waals surface area contributed by atoms with Gasteiger partial charge >= 0.3 is 0 Å². The fourth-order valence-electron chi connectivity index (χ4n) is 1.63. The molecule has 1 aromatic carbocycles. The molecule has 3 nitrogen and oxygen atoms in total. The second-order valence-corrected chi connectivity index (χ2v) is 5.83. The number of nitrogens with one attached hydrogen (secondary N) is 1. The molecule has 0 bridgehead atoms. The number of hydrogen-bond acceptors (Lipinski definition) is 2. The fraction of sp³-hybridized carbons (Fsp3) is 0.500. The van der Waals surface area contributed by atoms with Crippen LogP contribution in [-0.2, 0) is 0 Å². The summed E-state index contributed by atoms with van der Waals surface area (Å²) in [6, 6.07) is 7.61. The van der Waals surface area contributed by atoms with Gasteiger partial charge in [-0.1, -0.05) is 29.3 Å². The molecule has 1 unspecified atom stereocenters. The van der Waals surface area contributed by atoms with E-state index >= 15 is 0 Å². The Bertz CT molecular complexity index is 376. The molecule has 0 heterocycles. The summed E-state index contributed by atoms with van der Waals surface area (Å²) in [5.74, 6) is -0.0131. The summed E-state index contributed by atoms with van der Waals surface area (Å²) in [6.45, 7) is 2.80. The number of carbonyl (C=O) groups excluding carboxylic acids is 1. The van der Waals surface area contributed by atoms with Crippen LogP contribution in [0.15, 0.2) is 24.3 Å². The quantitative estimate of drug-likeness (QED) is 0.819. The monoisotopic (exact) mass is 312 g/mol. The Labute approximate surface area is 118 Å². The topological polar surface area (TPSA) is 32.3 Å². The van der Waals surface area contributed by atoms with Crippen LogP contribution in [0.3, 0.4) is 0 Å². The van der Waals surface area contributed by atoms with Crippen molar-refractivity contribution in [2.24, 2.45) is 0 Å². The maximum absolute atomic E-state index is 11.9. The number of benzene rings is 1. The van der Waals surface area contributed by atoms with Gasteiger partial charge in [0.1, 0.15) is 0 Å². The largest absolute Gasteiger partial charge is 0.378 e. The molecule has 1 atom stereocenters. The number of hydrogen-bond donors (Lipinski definition) is 1. The van der Waals surface area contributed by atoms with Crippen LogP contribution in [0, 0.1) is 0 Å². The minimum Gasteiger partial charge on any atom is -0.378 e. The standard InChI is InChI=1S/C14H21BrN2O/c1-4-5-12(15)10-16-14(18)11-6-8-13(9-7-11)17(2)3/h6-9,12H,4-5,10H2,1-3H3,(H,16,18). The van der Waals surface area contributed by atoms with E-state index in [2.05, 4.69) is 28.2 Å². The zero-order chi connectivity index (χ0) is 13.5. The summed E-state index contributed by atoms with van der Waals surface area (Å²) in [6.07, 6.45) is 2.18. The van der Waals surface area contributed by atoms with Crippen molar-refractivity contribution in [2.75, 3.05) is 25.5 Å². The Hall–Kier alpha value is -1.03. The first-order valence-electron chi connectivity index (χ1n) is 6.24. The van der Waals surface area contributed by atoms with Crippen LogP contribution in [0.25, 0.3) is 0 Å². The predicted molar refractivity (Wildman–Crippen MR) is 80.7 cm³/mol. The van der Waals surface area contributed by atoms with Gasteiger partial charge in [0.15, 0.2) is 0 Å². The van der Waals surface area contributed by atoms with Gasteiger partial charge in [0.05, 0.1) is 0 Å². The van der Waals surface area contributed by atoms with Crippen LogP contribution < -0.4 is 10.2 Å².